The molecular formula is C10H13ClN4O5S. The molecule has 0 spiro atoms. The Bertz CT molecular complexity index is 676. The van der Waals surface area contributed by atoms with E-state index in [0.717, 1.165) is 12.3 Å². The minimum atomic E-state index is -3.35. The molecule has 0 saturated carbocycles. The topological polar surface area (TPSA) is 144 Å². The third kappa shape index (κ3) is 5.17. The van der Waals surface area contributed by atoms with Crippen LogP contribution in [0, 0.1) is 10.1 Å². The number of anilines is 1. The number of halogens is 1. The van der Waals surface area contributed by atoms with E-state index in [1.54, 1.807) is 0 Å². The minimum Gasteiger partial charge on any atom is -0.392 e. The first-order chi connectivity index (χ1) is 9.61. The second kappa shape index (κ2) is 6.70. The van der Waals surface area contributed by atoms with Crippen molar-refractivity contribution in [2.75, 3.05) is 25.1 Å². The number of hydrogen-bond acceptors (Lipinski definition) is 6. The van der Waals surface area contributed by atoms with Crippen LogP contribution in [0.15, 0.2) is 12.1 Å². The quantitative estimate of drug-likeness (QED) is 0.291. The maximum atomic E-state index is 11.8. The standard InChI is InChI=1S/C10H13ClN4O5S/c1-21(19,20)14-3-2-13-10(16)6-4-7(11)9(12)8(5-6)15(17)18/h4-5,14H,2-3,12H2,1H3,(H,13,16). The van der Waals surface area contributed by atoms with Crippen LogP contribution in [0.5, 0.6) is 0 Å². The Kier molecular flexibility index (Phi) is 5.47. The van der Waals surface area contributed by atoms with E-state index in [1.165, 1.54) is 6.07 Å². The molecule has 0 saturated heterocycles. The van der Waals surface area contributed by atoms with E-state index in [2.05, 4.69) is 10.0 Å². The number of nitrogens with zero attached hydrogens (tertiary/aromatic N) is 1. The lowest BCUT2D eigenvalue weighted by molar-refractivity contribution is -0.383. The van der Waals surface area contributed by atoms with Gasteiger partial charge in [0.25, 0.3) is 11.6 Å². The molecule has 0 bridgehead atoms. The lowest BCUT2D eigenvalue weighted by Gasteiger charge is -2.07. The largest absolute Gasteiger partial charge is 0.392 e. The van der Waals surface area contributed by atoms with E-state index in [4.69, 9.17) is 17.3 Å². The summed E-state index contributed by atoms with van der Waals surface area (Å²) in [6.07, 6.45) is 0.984. The average molecular weight is 337 g/mol. The summed E-state index contributed by atoms with van der Waals surface area (Å²) in [6, 6.07) is 2.20. The number of nitrogen functional groups attached to an aromatic ring is 1. The van der Waals surface area contributed by atoms with Gasteiger partial charge in [-0.15, -0.1) is 0 Å². The van der Waals surface area contributed by atoms with Crippen LogP contribution in [0.25, 0.3) is 0 Å². The first-order valence-corrected chi connectivity index (χ1v) is 7.85. The summed E-state index contributed by atoms with van der Waals surface area (Å²) in [5.41, 5.74) is 4.70. The van der Waals surface area contributed by atoms with Crippen molar-refractivity contribution in [1.82, 2.24) is 10.0 Å². The molecule has 9 nitrogen and oxygen atoms in total. The van der Waals surface area contributed by atoms with Crippen molar-refractivity contribution < 1.29 is 18.1 Å². The molecule has 11 heteroatoms. The average Bonchev–Trinajstić information content (AvgIpc) is 2.35. The van der Waals surface area contributed by atoms with Gasteiger partial charge in [0.1, 0.15) is 5.69 Å². The summed E-state index contributed by atoms with van der Waals surface area (Å²) in [6.45, 7) is 0.0110. The highest BCUT2D eigenvalue weighted by molar-refractivity contribution is 7.88. The molecule has 0 aliphatic rings. The van der Waals surface area contributed by atoms with Gasteiger partial charge in [0.05, 0.1) is 16.2 Å². The Morgan fingerprint density at radius 2 is 2.05 bits per heavy atom. The number of rotatable bonds is 6. The number of hydrogen-bond donors (Lipinski definition) is 3. The summed E-state index contributed by atoms with van der Waals surface area (Å²) in [5.74, 6) is -0.629. The van der Waals surface area contributed by atoms with Crippen molar-refractivity contribution in [1.29, 1.82) is 0 Å². The molecule has 1 aromatic carbocycles. The van der Waals surface area contributed by atoms with Gasteiger partial charge in [-0.1, -0.05) is 11.6 Å². The number of nitro groups is 1. The van der Waals surface area contributed by atoms with Crippen LogP contribution in [0.1, 0.15) is 10.4 Å². The lowest BCUT2D eigenvalue weighted by Crippen LogP contribution is -2.34. The third-order valence-corrected chi connectivity index (χ3v) is 3.38. The number of nitrogens with one attached hydrogen (secondary N) is 2. The molecule has 0 radical (unpaired) electrons. The Balaban J connectivity index is 2.77. The number of nitrogens with two attached hydrogens (primary N) is 1. The molecular weight excluding hydrogens is 324 g/mol. The van der Waals surface area contributed by atoms with Crippen LogP contribution >= 0.6 is 11.6 Å². The van der Waals surface area contributed by atoms with Crippen LogP contribution in [-0.4, -0.2) is 38.6 Å². The highest BCUT2D eigenvalue weighted by Crippen LogP contribution is 2.30. The summed E-state index contributed by atoms with van der Waals surface area (Å²) in [4.78, 5) is 21.8. The summed E-state index contributed by atoms with van der Waals surface area (Å²) < 4.78 is 23.8. The minimum absolute atomic E-state index is 0.00459. The molecule has 0 aliphatic heterocycles. The van der Waals surface area contributed by atoms with Gasteiger partial charge >= 0.3 is 0 Å². The Morgan fingerprint density at radius 3 is 2.57 bits per heavy atom. The van der Waals surface area contributed by atoms with Gasteiger partial charge in [-0.05, 0) is 6.07 Å². The second-order valence-electron chi connectivity index (χ2n) is 4.07. The predicted molar refractivity (Wildman–Crippen MR) is 77.7 cm³/mol. The smallest absolute Gasteiger partial charge is 0.294 e. The van der Waals surface area contributed by atoms with Gasteiger partial charge < -0.3 is 11.1 Å². The molecule has 116 valence electrons. The van der Waals surface area contributed by atoms with Crippen molar-refractivity contribution in [3.05, 3.63) is 32.8 Å². The number of nitro benzene ring substituents is 1. The number of carbonyl (C=O) groups excluding carboxylic acids is 1. The lowest BCUT2D eigenvalue weighted by atomic mass is 10.1. The third-order valence-electron chi connectivity index (χ3n) is 2.34. The van der Waals surface area contributed by atoms with Crippen LogP contribution in [0.3, 0.4) is 0 Å². The first-order valence-electron chi connectivity index (χ1n) is 5.58. The number of benzene rings is 1. The number of amides is 1. The Morgan fingerprint density at radius 1 is 1.43 bits per heavy atom. The van der Waals surface area contributed by atoms with Gasteiger partial charge in [-0.2, -0.15) is 0 Å². The molecule has 21 heavy (non-hydrogen) atoms. The second-order valence-corrected chi connectivity index (χ2v) is 6.31. The summed E-state index contributed by atoms with van der Waals surface area (Å²) >= 11 is 5.73. The predicted octanol–water partition coefficient (Wildman–Crippen LogP) is 0.109. The monoisotopic (exact) mass is 336 g/mol. The maximum Gasteiger partial charge on any atom is 0.294 e. The molecule has 1 rings (SSSR count). The normalized spacial score (nSPS) is 11.1. The van der Waals surface area contributed by atoms with Crippen molar-refractivity contribution in [3.63, 3.8) is 0 Å². The van der Waals surface area contributed by atoms with E-state index < -0.39 is 26.5 Å². The van der Waals surface area contributed by atoms with E-state index >= 15 is 0 Å². The van der Waals surface area contributed by atoms with Crippen molar-refractivity contribution >= 4 is 38.9 Å². The fourth-order valence-electron chi connectivity index (χ4n) is 1.40. The highest BCUT2D eigenvalue weighted by Gasteiger charge is 2.19. The highest BCUT2D eigenvalue weighted by atomic mass is 35.5. The zero-order valence-electron chi connectivity index (χ0n) is 10.9. The van der Waals surface area contributed by atoms with Crippen LogP contribution in [-0.2, 0) is 10.0 Å². The molecule has 0 atom stereocenters. The van der Waals surface area contributed by atoms with Crippen LogP contribution in [0.2, 0.25) is 5.02 Å². The molecule has 0 aromatic heterocycles. The Labute approximate surface area is 125 Å². The summed E-state index contributed by atoms with van der Waals surface area (Å²) in [7, 11) is -3.35. The molecule has 1 aromatic rings. The Hall–Kier alpha value is -1.91. The van der Waals surface area contributed by atoms with Gasteiger partial charge in [0.15, 0.2) is 0 Å². The number of carbonyl (C=O) groups is 1. The molecule has 4 N–H and O–H groups in total. The van der Waals surface area contributed by atoms with Crippen LogP contribution in [0.4, 0.5) is 11.4 Å². The fourth-order valence-corrected chi connectivity index (χ4v) is 2.09. The first kappa shape index (κ1) is 17.1. The molecule has 0 heterocycles. The molecule has 1 amide bonds. The summed E-state index contributed by atoms with van der Waals surface area (Å²) in [5, 5.41) is 13.1. The van der Waals surface area contributed by atoms with Gasteiger partial charge in [-0.3, -0.25) is 14.9 Å². The van der Waals surface area contributed by atoms with E-state index in [-0.39, 0.29) is 29.4 Å². The van der Waals surface area contributed by atoms with Gasteiger partial charge in [0, 0.05) is 24.7 Å². The van der Waals surface area contributed by atoms with E-state index in [0.29, 0.717) is 0 Å². The zero-order valence-corrected chi connectivity index (χ0v) is 12.5. The maximum absolute atomic E-state index is 11.8. The van der Waals surface area contributed by atoms with Crippen molar-refractivity contribution in [3.8, 4) is 0 Å². The molecule has 0 unspecified atom stereocenters. The van der Waals surface area contributed by atoms with Crippen molar-refractivity contribution in [2.45, 2.75) is 0 Å². The fraction of sp³-hybridized carbons (Fsp3) is 0.300. The molecule has 0 aliphatic carbocycles. The van der Waals surface area contributed by atoms with Crippen molar-refractivity contribution in [2.24, 2.45) is 0 Å². The SMILES string of the molecule is CS(=O)(=O)NCCNC(=O)c1cc(Cl)c(N)c([N+](=O)[O-])c1. The van der Waals surface area contributed by atoms with Crippen LogP contribution < -0.4 is 15.8 Å². The van der Waals surface area contributed by atoms with Gasteiger partial charge in [-0.25, -0.2) is 13.1 Å². The number of sulfonamides is 1. The van der Waals surface area contributed by atoms with Gasteiger partial charge in [0.2, 0.25) is 10.0 Å². The zero-order chi connectivity index (χ0) is 16.2. The molecule has 0 fully saturated rings. The van der Waals surface area contributed by atoms with E-state index in [1.807, 2.05) is 0 Å². The van der Waals surface area contributed by atoms with E-state index in [9.17, 15) is 23.3 Å².